The van der Waals surface area contributed by atoms with Crippen molar-refractivity contribution in [1.29, 1.82) is 0 Å². The first-order valence-corrected chi connectivity index (χ1v) is 8.45. The highest BCUT2D eigenvalue weighted by atomic mass is 16.3. The Bertz CT molecular complexity index is 491. The molecule has 0 spiro atoms. The summed E-state index contributed by atoms with van der Waals surface area (Å²) in [4.78, 5) is 14.8. The summed E-state index contributed by atoms with van der Waals surface area (Å²) < 4.78 is 0. The van der Waals surface area contributed by atoms with Crippen LogP contribution in [0.2, 0.25) is 0 Å². The van der Waals surface area contributed by atoms with Gasteiger partial charge in [-0.15, -0.1) is 0 Å². The summed E-state index contributed by atoms with van der Waals surface area (Å²) in [7, 11) is 0. The summed E-state index contributed by atoms with van der Waals surface area (Å²) in [6.45, 7) is 3.70. The highest BCUT2D eigenvalue weighted by Gasteiger charge is 2.50. The molecule has 0 unspecified atom stereocenters. The van der Waals surface area contributed by atoms with Gasteiger partial charge in [-0.25, -0.2) is 0 Å². The number of rotatable bonds is 6. The summed E-state index contributed by atoms with van der Waals surface area (Å²) in [6, 6.07) is 10.1. The molecule has 1 aromatic rings. The van der Waals surface area contributed by atoms with Gasteiger partial charge in [0.05, 0.1) is 11.5 Å². The lowest BCUT2D eigenvalue weighted by Gasteiger charge is -2.29. The molecule has 2 N–H and O–H groups in total. The Morgan fingerprint density at radius 3 is 2.55 bits per heavy atom. The van der Waals surface area contributed by atoms with E-state index in [1.807, 2.05) is 18.2 Å². The number of carbonyl (C=O) groups excluding carboxylic acids is 1. The van der Waals surface area contributed by atoms with Gasteiger partial charge in [0, 0.05) is 19.6 Å². The molecule has 120 valence electrons. The zero-order valence-corrected chi connectivity index (χ0v) is 13.1. The summed E-state index contributed by atoms with van der Waals surface area (Å²) in [5, 5.41) is 12.6. The molecule has 1 saturated heterocycles. The maximum Gasteiger partial charge on any atom is 0.230 e. The molecular formula is C18H26N2O2. The van der Waals surface area contributed by atoms with Crippen LogP contribution in [-0.2, 0) is 10.2 Å². The van der Waals surface area contributed by atoms with Gasteiger partial charge in [-0.1, -0.05) is 30.3 Å². The third-order valence-corrected chi connectivity index (χ3v) is 5.00. The van der Waals surface area contributed by atoms with Gasteiger partial charge in [0.15, 0.2) is 0 Å². The van der Waals surface area contributed by atoms with Gasteiger partial charge in [0.25, 0.3) is 0 Å². The van der Waals surface area contributed by atoms with E-state index >= 15 is 0 Å². The van der Waals surface area contributed by atoms with E-state index < -0.39 is 0 Å². The van der Waals surface area contributed by atoms with E-state index in [-0.39, 0.29) is 17.4 Å². The minimum absolute atomic E-state index is 0.114. The molecule has 2 aliphatic rings. The fraction of sp³-hybridized carbons (Fsp3) is 0.611. The minimum Gasteiger partial charge on any atom is -0.393 e. The van der Waals surface area contributed by atoms with Gasteiger partial charge in [-0.3, -0.25) is 4.79 Å². The molecular weight excluding hydrogens is 276 g/mol. The van der Waals surface area contributed by atoms with Crippen molar-refractivity contribution in [2.24, 2.45) is 0 Å². The number of amides is 1. The van der Waals surface area contributed by atoms with E-state index in [9.17, 15) is 9.90 Å². The van der Waals surface area contributed by atoms with Gasteiger partial charge in [0.1, 0.15) is 0 Å². The number of hydrogen-bond acceptors (Lipinski definition) is 3. The predicted octanol–water partition coefficient (Wildman–Crippen LogP) is 1.68. The van der Waals surface area contributed by atoms with Crippen molar-refractivity contribution in [2.75, 3.05) is 26.2 Å². The van der Waals surface area contributed by atoms with E-state index in [2.05, 4.69) is 22.3 Å². The first-order chi connectivity index (χ1) is 10.7. The van der Waals surface area contributed by atoms with Crippen LogP contribution >= 0.6 is 0 Å². The molecule has 0 atom stereocenters. The Kier molecular flexibility index (Phi) is 4.79. The van der Waals surface area contributed by atoms with Crippen LogP contribution in [0.5, 0.6) is 0 Å². The smallest absolute Gasteiger partial charge is 0.230 e. The van der Waals surface area contributed by atoms with Gasteiger partial charge in [-0.05, 0) is 44.2 Å². The molecule has 4 heteroatoms. The van der Waals surface area contributed by atoms with Crippen LogP contribution in [0.1, 0.15) is 37.7 Å². The molecule has 1 aliphatic heterocycles. The number of aliphatic hydroxyl groups excluding tert-OH is 1. The third-order valence-electron chi connectivity index (χ3n) is 5.00. The molecule has 4 nitrogen and oxygen atoms in total. The van der Waals surface area contributed by atoms with Crippen LogP contribution in [0.4, 0.5) is 0 Å². The number of piperidine rings is 1. The van der Waals surface area contributed by atoms with Crippen LogP contribution in [0, 0.1) is 0 Å². The van der Waals surface area contributed by atoms with Crippen molar-refractivity contribution in [3.63, 3.8) is 0 Å². The molecule has 1 aromatic carbocycles. The summed E-state index contributed by atoms with van der Waals surface area (Å²) in [5.41, 5.74) is 0.897. The number of benzene rings is 1. The van der Waals surface area contributed by atoms with Crippen LogP contribution in [0.25, 0.3) is 0 Å². The second kappa shape index (κ2) is 6.80. The van der Waals surface area contributed by atoms with E-state index in [1.54, 1.807) is 0 Å². The van der Waals surface area contributed by atoms with Crippen LogP contribution < -0.4 is 5.32 Å². The van der Waals surface area contributed by atoms with Crippen LogP contribution in [0.15, 0.2) is 30.3 Å². The van der Waals surface area contributed by atoms with Crippen molar-refractivity contribution in [2.45, 2.75) is 43.6 Å². The Hall–Kier alpha value is -1.39. The average molecular weight is 302 g/mol. The number of carbonyl (C=O) groups is 1. The largest absolute Gasteiger partial charge is 0.393 e. The molecule has 22 heavy (non-hydrogen) atoms. The minimum atomic E-state index is -0.253. The maximum absolute atomic E-state index is 12.5. The average Bonchev–Trinajstić information content (AvgIpc) is 3.36. The van der Waals surface area contributed by atoms with Crippen molar-refractivity contribution in [3.8, 4) is 0 Å². The highest BCUT2D eigenvalue weighted by Crippen LogP contribution is 2.48. The van der Waals surface area contributed by atoms with Crippen LogP contribution in [-0.4, -0.2) is 48.2 Å². The van der Waals surface area contributed by atoms with Gasteiger partial charge < -0.3 is 15.3 Å². The van der Waals surface area contributed by atoms with Gasteiger partial charge in [0.2, 0.25) is 5.91 Å². The lowest BCUT2D eigenvalue weighted by atomic mass is 9.95. The molecule has 0 aromatic heterocycles. The van der Waals surface area contributed by atoms with E-state index in [0.29, 0.717) is 0 Å². The first kappa shape index (κ1) is 15.5. The lowest BCUT2D eigenvalue weighted by molar-refractivity contribution is -0.123. The summed E-state index contributed by atoms with van der Waals surface area (Å²) in [5.74, 6) is 0.188. The summed E-state index contributed by atoms with van der Waals surface area (Å²) in [6.07, 6.45) is 4.55. The molecule has 0 bridgehead atoms. The molecule has 1 amide bonds. The van der Waals surface area contributed by atoms with Crippen molar-refractivity contribution < 1.29 is 9.90 Å². The van der Waals surface area contributed by atoms with Gasteiger partial charge in [-0.2, -0.15) is 0 Å². The predicted molar refractivity (Wildman–Crippen MR) is 86.7 cm³/mol. The summed E-state index contributed by atoms with van der Waals surface area (Å²) >= 11 is 0. The quantitative estimate of drug-likeness (QED) is 0.786. The molecule has 1 saturated carbocycles. The first-order valence-electron chi connectivity index (χ1n) is 8.45. The van der Waals surface area contributed by atoms with Crippen molar-refractivity contribution in [1.82, 2.24) is 10.2 Å². The zero-order valence-electron chi connectivity index (χ0n) is 13.1. The van der Waals surface area contributed by atoms with Gasteiger partial charge >= 0.3 is 0 Å². The molecule has 3 rings (SSSR count). The fourth-order valence-electron chi connectivity index (χ4n) is 3.35. The number of nitrogens with one attached hydrogen (secondary N) is 1. The monoisotopic (exact) mass is 302 g/mol. The zero-order chi connectivity index (χ0) is 15.4. The Morgan fingerprint density at radius 2 is 1.91 bits per heavy atom. The van der Waals surface area contributed by atoms with Crippen molar-refractivity contribution in [3.05, 3.63) is 35.9 Å². The fourth-order valence-corrected chi connectivity index (χ4v) is 3.35. The molecule has 0 radical (unpaired) electrons. The van der Waals surface area contributed by atoms with E-state index in [1.165, 1.54) is 0 Å². The number of nitrogens with zero attached hydrogens (tertiary/aromatic N) is 1. The Morgan fingerprint density at radius 1 is 1.23 bits per heavy atom. The normalized spacial score (nSPS) is 21.5. The number of likely N-dealkylation sites (tertiary alicyclic amines) is 1. The third kappa shape index (κ3) is 3.50. The maximum atomic E-state index is 12.5. The number of hydrogen-bond donors (Lipinski definition) is 2. The molecule has 1 aliphatic carbocycles. The second-order valence-electron chi connectivity index (χ2n) is 6.63. The highest BCUT2D eigenvalue weighted by molar-refractivity contribution is 5.91. The lowest BCUT2D eigenvalue weighted by Crippen LogP contribution is -2.39. The standard InChI is InChI=1S/C18H26N2O2/c21-16-7-13-20(14-8-16)12-4-11-19-17(22)18(9-10-18)15-5-2-1-3-6-15/h1-3,5-6,16,21H,4,7-14H2,(H,19,22). The van der Waals surface area contributed by atoms with E-state index in [4.69, 9.17) is 0 Å². The van der Waals surface area contributed by atoms with E-state index in [0.717, 1.165) is 63.8 Å². The Labute approximate surface area is 132 Å². The molecule has 2 fully saturated rings. The topological polar surface area (TPSA) is 52.6 Å². The van der Waals surface area contributed by atoms with Crippen LogP contribution in [0.3, 0.4) is 0 Å². The van der Waals surface area contributed by atoms with Crippen molar-refractivity contribution >= 4 is 5.91 Å². The molecule has 1 heterocycles. The number of aliphatic hydroxyl groups is 1. The Balaban J connectivity index is 1.40. The second-order valence-corrected chi connectivity index (χ2v) is 6.63. The SMILES string of the molecule is O=C(NCCCN1CCC(O)CC1)C1(c2ccccc2)CC1.